The largest absolute Gasteiger partial charge is 0.497 e. The molecule has 0 radical (unpaired) electrons. The van der Waals surface area contributed by atoms with Crippen molar-refractivity contribution in [2.24, 2.45) is 0 Å². The van der Waals surface area contributed by atoms with Crippen LogP contribution in [0.15, 0.2) is 59.1 Å². The van der Waals surface area contributed by atoms with Gasteiger partial charge in [-0.1, -0.05) is 24.3 Å². The topological polar surface area (TPSA) is 89.4 Å². The fourth-order valence-corrected chi connectivity index (χ4v) is 3.54. The number of carbonyl (C=O) groups is 1. The maximum atomic E-state index is 12.4. The average Bonchev–Trinajstić information content (AvgIpc) is 3.43. The maximum Gasteiger partial charge on any atom is 0.255 e. The number of carbonyl (C=O) groups excluding carboxylic acids is 1. The van der Waals surface area contributed by atoms with Crippen LogP contribution >= 0.6 is 0 Å². The van der Waals surface area contributed by atoms with Crippen LogP contribution in [0, 0.1) is 13.8 Å². The second-order valence-corrected chi connectivity index (χ2v) is 7.42. The lowest BCUT2D eigenvalue weighted by Gasteiger charge is -2.09. The van der Waals surface area contributed by atoms with Crippen LogP contribution in [-0.4, -0.2) is 30.1 Å². The molecular weight excluding hydrogens is 406 g/mol. The molecule has 0 atom stereocenters. The van der Waals surface area contributed by atoms with Crippen molar-refractivity contribution in [1.82, 2.24) is 15.3 Å². The van der Waals surface area contributed by atoms with Crippen LogP contribution in [0.2, 0.25) is 0 Å². The van der Waals surface area contributed by atoms with Gasteiger partial charge < -0.3 is 24.2 Å². The first-order valence-electron chi connectivity index (χ1n) is 10.2. The number of amides is 1. The molecule has 0 aliphatic rings. The lowest BCUT2D eigenvalue weighted by atomic mass is 10.1. The number of aryl methyl sites for hydroxylation is 2. The summed E-state index contributed by atoms with van der Waals surface area (Å²) in [6.07, 6.45) is 1.77. The molecule has 0 bridgehead atoms. The third-order valence-electron chi connectivity index (χ3n) is 5.24. The molecule has 1 amide bonds. The molecule has 4 rings (SSSR count). The predicted octanol–water partition coefficient (Wildman–Crippen LogP) is 4.90. The third kappa shape index (κ3) is 4.37. The summed E-state index contributed by atoms with van der Waals surface area (Å²) < 4.78 is 16.2. The number of furan rings is 1. The van der Waals surface area contributed by atoms with Crippen molar-refractivity contribution in [3.05, 3.63) is 77.4 Å². The first kappa shape index (κ1) is 21.2. The number of H-pyrrole nitrogens is 1. The summed E-state index contributed by atoms with van der Waals surface area (Å²) in [4.78, 5) is 20.2. The highest BCUT2D eigenvalue weighted by Crippen LogP contribution is 2.33. The van der Waals surface area contributed by atoms with Crippen molar-refractivity contribution < 1.29 is 18.7 Å². The summed E-state index contributed by atoms with van der Waals surface area (Å²) in [5.41, 5.74) is 4.19. The van der Waals surface area contributed by atoms with E-state index >= 15 is 0 Å². The minimum atomic E-state index is -0.147. The highest BCUT2D eigenvalue weighted by Gasteiger charge is 2.14. The monoisotopic (exact) mass is 431 g/mol. The summed E-state index contributed by atoms with van der Waals surface area (Å²) >= 11 is 0. The Labute approximate surface area is 186 Å². The van der Waals surface area contributed by atoms with Gasteiger partial charge in [-0.25, -0.2) is 4.98 Å². The molecule has 0 aliphatic carbocycles. The molecule has 0 saturated carbocycles. The summed E-state index contributed by atoms with van der Waals surface area (Å²) in [7, 11) is 3.26. The Balaban J connectivity index is 1.47. The SMILES string of the molecule is COc1ccc(OC)c(-c2cnc(-c3ccc(CNC(=O)c4cc(C)oc4C)cc3)[nH]2)c1. The maximum absolute atomic E-state index is 12.4. The van der Waals surface area contributed by atoms with E-state index in [-0.39, 0.29) is 5.91 Å². The molecule has 0 unspecified atom stereocenters. The molecular formula is C25H25N3O4. The zero-order valence-electron chi connectivity index (χ0n) is 18.5. The van der Waals surface area contributed by atoms with Gasteiger partial charge in [-0.3, -0.25) is 4.79 Å². The zero-order valence-corrected chi connectivity index (χ0v) is 18.5. The highest BCUT2D eigenvalue weighted by atomic mass is 16.5. The number of nitrogens with one attached hydrogen (secondary N) is 2. The summed E-state index contributed by atoms with van der Waals surface area (Å²) in [5, 5.41) is 2.93. The summed E-state index contributed by atoms with van der Waals surface area (Å²) in [5.74, 6) is 3.41. The Morgan fingerprint density at radius 2 is 1.84 bits per heavy atom. The number of hydrogen-bond donors (Lipinski definition) is 2. The van der Waals surface area contributed by atoms with E-state index in [1.807, 2.05) is 49.4 Å². The number of methoxy groups -OCH3 is 2. The quantitative estimate of drug-likeness (QED) is 0.434. The first-order valence-corrected chi connectivity index (χ1v) is 10.2. The molecule has 0 spiro atoms. The van der Waals surface area contributed by atoms with Crippen LogP contribution in [0.1, 0.15) is 27.4 Å². The summed E-state index contributed by atoms with van der Waals surface area (Å²) in [6, 6.07) is 15.3. The Morgan fingerprint density at radius 3 is 2.50 bits per heavy atom. The average molecular weight is 431 g/mol. The fraction of sp³-hybridized carbons (Fsp3) is 0.200. The Bertz CT molecular complexity index is 1240. The van der Waals surface area contributed by atoms with Crippen molar-refractivity contribution in [3.63, 3.8) is 0 Å². The zero-order chi connectivity index (χ0) is 22.7. The van der Waals surface area contributed by atoms with Crippen molar-refractivity contribution in [3.8, 4) is 34.1 Å². The van der Waals surface area contributed by atoms with E-state index in [1.54, 1.807) is 33.4 Å². The molecule has 2 N–H and O–H groups in total. The predicted molar refractivity (Wildman–Crippen MR) is 122 cm³/mol. The van der Waals surface area contributed by atoms with Crippen molar-refractivity contribution >= 4 is 5.91 Å². The van der Waals surface area contributed by atoms with Gasteiger partial charge in [0, 0.05) is 17.7 Å². The Morgan fingerprint density at radius 1 is 1.06 bits per heavy atom. The van der Waals surface area contributed by atoms with E-state index < -0.39 is 0 Å². The number of rotatable bonds is 7. The van der Waals surface area contributed by atoms with Crippen LogP contribution in [0.3, 0.4) is 0 Å². The lowest BCUT2D eigenvalue weighted by Crippen LogP contribution is -2.22. The van der Waals surface area contributed by atoms with E-state index in [0.29, 0.717) is 17.9 Å². The minimum absolute atomic E-state index is 0.147. The van der Waals surface area contributed by atoms with Gasteiger partial charge in [0.1, 0.15) is 28.8 Å². The molecule has 32 heavy (non-hydrogen) atoms. The van der Waals surface area contributed by atoms with Crippen molar-refractivity contribution in [2.75, 3.05) is 14.2 Å². The number of aromatic amines is 1. The lowest BCUT2D eigenvalue weighted by molar-refractivity contribution is 0.0949. The molecule has 0 aliphatic heterocycles. The number of nitrogens with zero attached hydrogens (tertiary/aromatic N) is 1. The molecule has 7 nitrogen and oxygen atoms in total. The van der Waals surface area contributed by atoms with Crippen molar-refractivity contribution in [2.45, 2.75) is 20.4 Å². The smallest absolute Gasteiger partial charge is 0.255 e. The van der Waals surface area contributed by atoms with E-state index in [9.17, 15) is 4.79 Å². The first-order chi connectivity index (χ1) is 15.5. The van der Waals surface area contributed by atoms with E-state index in [0.717, 1.165) is 45.5 Å². The van der Waals surface area contributed by atoms with E-state index in [4.69, 9.17) is 13.9 Å². The molecule has 0 saturated heterocycles. The number of aromatic nitrogens is 2. The summed E-state index contributed by atoms with van der Waals surface area (Å²) in [6.45, 7) is 4.04. The Kier molecular flexibility index (Phi) is 5.98. The molecule has 2 heterocycles. The van der Waals surface area contributed by atoms with Gasteiger partial charge in [0.15, 0.2) is 0 Å². The standard InChI is InChI=1S/C25H25N3O4/c1-15-11-20(16(2)32-15)25(29)27-13-17-5-7-18(8-6-17)24-26-14-22(28-24)21-12-19(30-3)9-10-23(21)31-4/h5-12,14H,13H2,1-4H3,(H,26,28)(H,27,29). The molecule has 4 aromatic rings. The van der Waals surface area contributed by atoms with Crippen LogP contribution in [0.5, 0.6) is 11.5 Å². The minimum Gasteiger partial charge on any atom is -0.497 e. The van der Waals surface area contributed by atoms with Gasteiger partial charge >= 0.3 is 0 Å². The molecule has 2 aromatic heterocycles. The Hall–Kier alpha value is -4.00. The second kappa shape index (κ2) is 9.01. The number of benzene rings is 2. The molecule has 164 valence electrons. The number of imidazole rings is 1. The van der Waals surface area contributed by atoms with Crippen LogP contribution in [0.4, 0.5) is 0 Å². The molecule has 0 fully saturated rings. The van der Waals surface area contributed by atoms with E-state index in [1.165, 1.54) is 0 Å². The second-order valence-electron chi connectivity index (χ2n) is 7.42. The van der Waals surface area contributed by atoms with Gasteiger partial charge in [0.05, 0.1) is 31.7 Å². The van der Waals surface area contributed by atoms with Gasteiger partial charge in [-0.15, -0.1) is 0 Å². The highest BCUT2D eigenvalue weighted by molar-refractivity contribution is 5.95. The van der Waals surface area contributed by atoms with Crippen LogP contribution < -0.4 is 14.8 Å². The number of ether oxygens (including phenoxy) is 2. The van der Waals surface area contributed by atoms with Gasteiger partial charge in [0.2, 0.25) is 0 Å². The van der Waals surface area contributed by atoms with Gasteiger partial charge in [-0.05, 0) is 43.7 Å². The molecule has 7 heteroatoms. The fourth-order valence-electron chi connectivity index (χ4n) is 3.54. The van der Waals surface area contributed by atoms with Gasteiger partial charge in [-0.2, -0.15) is 0 Å². The third-order valence-corrected chi connectivity index (χ3v) is 5.24. The van der Waals surface area contributed by atoms with Crippen LogP contribution in [-0.2, 0) is 6.54 Å². The van der Waals surface area contributed by atoms with Crippen LogP contribution in [0.25, 0.3) is 22.6 Å². The van der Waals surface area contributed by atoms with Gasteiger partial charge in [0.25, 0.3) is 5.91 Å². The van der Waals surface area contributed by atoms with Crippen molar-refractivity contribution in [1.29, 1.82) is 0 Å². The number of hydrogen-bond acceptors (Lipinski definition) is 5. The molecule has 2 aromatic carbocycles. The normalized spacial score (nSPS) is 10.8. The van der Waals surface area contributed by atoms with E-state index in [2.05, 4.69) is 15.3 Å².